The van der Waals surface area contributed by atoms with Gasteiger partial charge in [0.05, 0.1) is 30.4 Å². The lowest BCUT2D eigenvalue weighted by Crippen LogP contribution is -2.28. The van der Waals surface area contributed by atoms with Crippen LogP contribution in [-0.2, 0) is 16.0 Å². The Bertz CT molecular complexity index is 617. The Hall–Kier alpha value is -1.72. The number of para-hydroxylation sites is 1. The molecule has 0 bridgehead atoms. The smallest absolute Gasteiger partial charge is 0.261 e. The van der Waals surface area contributed by atoms with Crippen LogP contribution in [0.25, 0.3) is 10.9 Å². The van der Waals surface area contributed by atoms with Gasteiger partial charge in [-0.15, -0.1) is 0 Å². The third kappa shape index (κ3) is 2.67. The predicted octanol–water partition coefficient (Wildman–Crippen LogP) is 1.55. The zero-order chi connectivity index (χ0) is 13.1. The molecule has 0 amide bonds. The average molecular weight is 260 g/mol. The van der Waals surface area contributed by atoms with Crippen molar-refractivity contribution in [3.8, 4) is 0 Å². The number of hydrogen-bond donors (Lipinski definition) is 0. The quantitative estimate of drug-likeness (QED) is 0.840. The van der Waals surface area contributed by atoms with Gasteiger partial charge in [-0.05, 0) is 18.6 Å². The molecule has 1 aromatic carbocycles. The third-order valence-electron chi connectivity index (χ3n) is 3.23. The summed E-state index contributed by atoms with van der Waals surface area (Å²) in [5, 5.41) is 0.649. The standard InChI is InChI=1S/C14H16N2O3/c17-14-11-4-1-2-5-12(11)15-10-16(14)7-6-13-18-8-3-9-19-13/h1-2,4-5,10,13H,3,6-9H2. The van der Waals surface area contributed by atoms with E-state index in [9.17, 15) is 4.79 Å². The van der Waals surface area contributed by atoms with Crippen molar-refractivity contribution in [1.82, 2.24) is 9.55 Å². The molecule has 0 unspecified atom stereocenters. The van der Waals surface area contributed by atoms with Crippen LogP contribution in [0.2, 0.25) is 0 Å². The van der Waals surface area contributed by atoms with Crippen molar-refractivity contribution in [2.24, 2.45) is 0 Å². The Balaban J connectivity index is 1.77. The molecule has 1 aliphatic heterocycles. The van der Waals surface area contributed by atoms with E-state index in [0.717, 1.165) is 25.2 Å². The van der Waals surface area contributed by atoms with Crippen LogP contribution in [0.15, 0.2) is 35.4 Å². The van der Waals surface area contributed by atoms with Gasteiger partial charge >= 0.3 is 0 Å². The van der Waals surface area contributed by atoms with Gasteiger partial charge in [-0.25, -0.2) is 4.98 Å². The topological polar surface area (TPSA) is 53.4 Å². The van der Waals surface area contributed by atoms with E-state index in [4.69, 9.17) is 9.47 Å². The maximum atomic E-state index is 12.2. The molecule has 0 aliphatic carbocycles. The summed E-state index contributed by atoms with van der Waals surface area (Å²) in [6.07, 6.45) is 2.99. The number of benzene rings is 1. The zero-order valence-corrected chi connectivity index (χ0v) is 10.6. The molecule has 1 saturated heterocycles. The summed E-state index contributed by atoms with van der Waals surface area (Å²) in [7, 11) is 0. The van der Waals surface area contributed by atoms with Gasteiger partial charge < -0.3 is 9.47 Å². The monoisotopic (exact) mass is 260 g/mol. The molecule has 0 spiro atoms. The van der Waals surface area contributed by atoms with Gasteiger partial charge in [-0.2, -0.15) is 0 Å². The van der Waals surface area contributed by atoms with Gasteiger partial charge in [0, 0.05) is 13.0 Å². The summed E-state index contributed by atoms with van der Waals surface area (Å²) in [5.41, 5.74) is 0.718. The molecule has 19 heavy (non-hydrogen) atoms. The Morgan fingerprint density at radius 3 is 2.89 bits per heavy atom. The van der Waals surface area contributed by atoms with Crippen molar-refractivity contribution in [2.75, 3.05) is 13.2 Å². The normalized spacial score (nSPS) is 16.8. The molecule has 0 atom stereocenters. The van der Waals surface area contributed by atoms with Gasteiger partial charge in [0.1, 0.15) is 0 Å². The molecule has 3 rings (SSSR count). The molecule has 1 aliphatic rings. The Labute approximate surface area is 110 Å². The van der Waals surface area contributed by atoms with Gasteiger partial charge in [-0.1, -0.05) is 12.1 Å². The first kappa shape index (κ1) is 12.3. The molecule has 0 saturated carbocycles. The fourth-order valence-electron chi connectivity index (χ4n) is 2.21. The maximum absolute atomic E-state index is 12.2. The third-order valence-corrected chi connectivity index (χ3v) is 3.23. The molecule has 0 N–H and O–H groups in total. The van der Waals surface area contributed by atoms with E-state index in [0.29, 0.717) is 18.4 Å². The highest BCUT2D eigenvalue weighted by atomic mass is 16.7. The van der Waals surface area contributed by atoms with E-state index in [1.54, 1.807) is 17.0 Å². The highest BCUT2D eigenvalue weighted by Gasteiger charge is 2.14. The van der Waals surface area contributed by atoms with Gasteiger partial charge in [0.2, 0.25) is 0 Å². The minimum atomic E-state index is -0.202. The van der Waals surface area contributed by atoms with Crippen molar-refractivity contribution in [2.45, 2.75) is 25.7 Å². The van der Waals surface area contributed by atoms with E-state index in [-0.39, 0.29) is 11.8 Å². The number of nitrogens with zero attached hydrogens (tertiary/aromatic N) is 2. The van der Waals surface area contributed by atoms with Crippen molar-refractivity contribution < 1.29 is 9.47 Å². The molecular weight excluding hydrogens is 244 g/mol. The first-order valence-electron chi connectivity index (χ1n) is 6.52. The molecule has 100 valence electrons. The van der Waals surface area contributed by atoms with Crippen LogP contribution in [0.3, 0.4) is 0 Å². The summed E-state index contributed by atoms with van der Waals surface area (Å²) in [6.45, 7) is 2.02. The first-order chi connectivity index (χ1) is 9.34. The SMILES string of the molecule is O=c1c2ccccc2ncn1CCC1OCCCO1. The van der Waals surface area contributed by atoms with Crippen molar-refractivity contribution in [1.29, 1.82) is 0 Å². The number of aromatic nitrogens is 2. The minimum Gasteiger partial charge on any atom is -0.353 e. The lowest BCUT2D eigenvalue weighted by atomic mass is 10.2. The first-order valence-corrected chi connectivity index (χ1v) is 6.52. The molecule has 2 aromatic rings. The molecule has 0 radical (unpaired) electrons. The fraction of sp³-hybridized carbons (Fsp3) is 0.429. The number of rotatable bonds is 3. The van der Waals surface area contributed by atoms with Crippen LogP contribution >= 0.6 is 0 Å². The van der Waals surface area contributed by atoms with E-state index in [1.165, 1.54) is 0 Å². The van der Waals surface area contributed by atoms with Crippen LogP contribution in [0, 0.1) is 0 Å². The lowest BCUT2D eigenvalue weighted by molar-refractivity contribution is -0.182. The van der Waals surface area contributed by atoms with Crippen molar-refractivity contribution >= 4 is 10.9 Å². The van der Waals surface area contributed by atoms with E-state index in [1.807, 2.05) is 18.2 Å². The molecular formula is C14H16N2O3. The van der Waals surface area contributed by atoms with Crippen LogP contribution in [0.5, 0.6) is 0 Å². The Morgan fingerprint density at radius 1 is 1.26 bits per heavy atom. The maximum Gasteiger partial charge on any atom is 0.261 e. The van der Waals surface area contributed by atoms with E-state index < -0.39 is 0 Å². The number of aryl methyl sites for hydroxylation is 1. The number of fused-ring (bicyclic) bond motifs is 1. The minimum absolute atomic E-state index is 0.0126. The molecule has 1 aromatic heterocycles. The Morgan fingerprint density at radius 2 is 2.05 bits per heavy atom. The van der Waals surface area contributed by atoms with Crippen LogP contribution in [-0.4, -0.2) is 29.1 Å². The molecule has 2 heterocycles. The number of ether oxygens (including phenoxy) is 2. The highest BCUT2D eigenvalue weighted by Crippen LogP contribution is 2.10. The van der Waals surface area contributed by atoms with E-state index in [2.05, 4.69) is 4.98 Å². The van der Waals surface area contributed by atoms with Gasteiger partial charge in [0.15, 0.2) is 6.29 Å². The summed E-state index contributed by atoms with van der Waals surface area (Å²) < 4.78 is 12.6. The fourth-order valence-corrected chi connectivity index (χ4v) is 2.21. The molecule has 1 fully saturated rings. The second kappa shape index (κ2) is 5.50. The largest absolute Gasteiger partial charge is 0.353 e. The lowest BCUT2D eigenvalue weighted by Gasteiger charge is -2.23. The van der Waals surface area contributed by atoms with E-state index >= 15 is 0 Å². The van der Waals surface area contributed by atoms with Gasteiger partial charge in [0.25, 0.3) is 5.56 Å². The number of hydrogen-bond acceptors (Lipinski definition) is 4. The summed E-state index contributed by atoms with van der Waals surface area (Å²) in [5.74, 6) is 0. The van der Waals surface area contributed by atoms with Crippen LogP contribution in [0.4, 0.5) is 0 Å². The van der Waals surface area contributed by atoms with Gasteiger partial charge in [-0.3, -0.25) is 9.36 Å². The summed E-state index contributed by atoms with van der Waals surface area (Å²) in [4.78, 5) is 16.5. The Kier molecular flexibility index (Phi) is 3.57. The predicted molar refractivity (Wildman–Crippen MR) is 70.9 cm³/mol. The zero-order valence-electron chi connectivity index (χ0n) is 10.6. The van der Waals surface area contributed by atoms with Crippen LogP contribution in [0.1, 0.15) is 12.8 Å². The average Bonchev–Trinajstić information content (AvgIpc) is 2.48. The highest BCUT2D eigenvalue weighted by molar-refractivity contribution is 5.76. The molecule has 5 heteroatoms. The van der Waals surface area contributed by atoms with Crippen molar-refractivity contribution in [3.05, 3.63) is 40.9 Å². The second-order valence-electron chi connectivity index (χ2n) is 4.57. The van der Waals surface area contributed by atoms with Crippen LogP contribution < -0.4 is 5.56 Å². The molecule has 5 nitrogen and oxygen atoms in total. The second-order valence-corrected chi connectivity index (χ2v) is 4.57. The summed E-state index contributed by atoms with van der Waals surface area (Å²) >= 11 is 0. The van der Waals surface area contributed by atoms with Crippen molar-refractivity contribution in [3.63, 3.8) is 0 Å². The summed E-state index contributed by atoms with van der Waals surface area (Å²) in [6, 6.07) is 7.37.